The van der Waals surface area contributed by atoms with E-state index < -0.39 is 6.67 Å². The Labute approximate surface area is 77.6 Å². The molecule has 0 amide bonds. The molecular weight excluding hydrogens is 170 g/mol. The molecule has 0 fully saturated rings. The number of alkyl halides is 1. The first kappa shape index (κ1) is 10.2. The summed E-state index contributed by atoms with van der Waals surface area (Å²) in [5, 5.41) is 0. The Balaban J connectivity index is 3.32. The van der Waals surface area contributed by atoms with E-state index in [4.69, 9.17) is 0 Å². The number of halogens is 2. The summed E-state index contributed by atoms with van der Waals surface area (Å²) in [5.74, 6) is -0.317. The number of benzene rings is 1. The van der Waals surface area contributed by atoms with Crippen molar-refractivity contribution in [1.82, 2.24) is 0 Å². The zero-order valence-electron chi connectivity index (χ0n) is 8.20. The van der Waals surface area contributed by atoms with Crippen LogP contribution in [0.25, 0.3) is 0 Å². The molecule has 0 aromatic heterocycles. The van der Waals surface area contributed by atoms with Crippen molar-refractivity contribution in [2.24, 2.45) is 0 Å². The van der Waals surface area contributed by atoms with E-state index in [-0.39, 0.29) is 11.2 Å². The molecule has 0 bridgehead atoms. The van der Waals surface area contributed by atoms with Crippen LogP contribution >= 0.6 is 0 Å². The molecule has 0 unspecified atom stereocenters. The van der Waals surface area contributed by atoms with E-state index in [0.717, 1.165) is 0 Å². The first-order valence-electron chi connectivity index (χ1n) is 4.30. The Kier molecular flexibility index (Phi) is 2.69. The van der Waals surface area contributed by atoms with Crippen molar-refractivity contribution >= 4 is 0 Å². The van der Waals surface area contributed by atoms with Crippen LogP contribution in [0.5, 0.6) is 0 Å². The van der Waals surface area contributed by atoms with E-state index in [1.165, 1.54) is 6.07 Å². The van der Waals surface area contributed by atoms with Crippen molar-refractivity contribution in [2.45, 2.75) is 32.9 Å². The number of rotatable bonds is 1. The number of hydrogen-bond donors (Lipinski definition) is 0. The van der Waals surface area contributed by atoms with Gasteiger partial charge in [-0.2, -0.15) is 0 Å². The van der Waals surface area contributed by atoms with Gasteiger partial charge in [-0.3, -0.25) is 0 Å². The summed E-state index contributed by atoms with van der Waals surface area (Å²) in [6.07, 6.45) is 0. The van der Waals surface area contributed by atoms with Crippen LogP contribution in [0.1, 0.15) is 31.9 Å². The van der Waals surface area contributed by atoms with Gasteiger partial charge in [-0.1, -0.05) is 32.9 Å². The van der Waals surface area contributed by atoms with Gasteiger partial charge in [0.25, 0.3) is 0 Å². The van der Waals surface area contributed by atoms with Gasteiger partial charge in [0.05, 0.1) is 0 Å². The van der Waals surface area contributed by atoms with E-state index in [1.807, 2.05) is 20.8 Å². The Morgan fingerprint density at radius 3 is 2.23 bits per heavy atom. The second-order valence-corrected chi connectivity index (χ2v) is 4.16. The summed E-state index contributed by atoms with van der Waals surface area (Å²) in [4.78, 5) is 0. The average Bonchev–Trinajstić information content (AvgIpc) is 2.01. The molecule has 1 aromatic rings. The van der Waals surface area contributed by atoms with Crippen LogP contribution < -0.4 is 0 Å². The van der Waals surface area contributed by atoms with Crippen molar-refractivity contribution < 1.29 is 8.78 Å². The van der Waals surface area contributed by atoms with Crippen molar-refractivity contribution in [3.63, 3.8) is 0 Å². The minimum absolute atomic E-state index is 0.317. The average molecular weight is 184 g/mol. The zero-order chi connectivity index (χ0) is 10.1. The normalized spacial score (nSPS) is 11.8. The molecule has 0 aliphatic heterocycles. The lowest BCUT2D eigenvalue weighted by Gasteiger charge is -2.22. The first-order chi connectivity index (χ1) is 5.96. The Hall–Kier alpha value is -0.920. The van der Waals surface area contributed by atoms with Gasteiger partial charge in [-0.25, -0.2) is 8.78 Å². The van der Waals surface area contributed by atoms with E-state index in [0.29, 0.717) is 11.1 Å². The fourth-order valence-electron chi connectivity index (χ4n) is 1.52. The highest BCUT2D eigenvalue weighted by molar-refractivity contribution is 5.33. The van der Waals surface area contributed by atoms with Crippen LogP contribution in [0.2, 0.25) is 0 Å². The van der Waals surface area contributed by atoms with Gasteiger partial charge in [0, 0.05) is 0 Å². The summed E-state index contributed by atoms with van der Waals surface area (Å²) >= 11 is 0. The van der Waals surface area contributed by atoms with Gasteiger partial charge in [-0.15, -0.1) is 0 Å². The summed E-state index contributed by atoms with van der Waals surface area (Å²) in [6, 6.07) is 4.54. The molecule has 2 heteroatoms. The molecule has 0 nitrogen and oxygen atoms in total. The smallest absolute Gasteiger partial charge is 0.127 e. The van der Waals surface area contributed by atoms with Crippen LogP contribution in [-0.2, 0) is 12.1 Å². The Morgan fingerprint density at radius 2 is 1.85 bits per heavy atom. The highest BCUT2D eigenvalue weighted by Gasteiger charge is 2.21. The lowest BCUT2D eigenvalue weighted by atomic mass is 9.83. The predicted octanol–water partition coefficient (Wildman–Crippen LogP) is 3.59. The zero-order valence-corrected chi connectivity index (χ0v) is 8.20. The third-order valence-electron chi connectivity index (χ3n) is 1.99. The summed E-state index contributed by atoms with van der Waals surface area (Å²) in [6.45, 7) is 5.03. The fraction of sp³-hybridized carbons (Fsp3) is 0.455. The fourth-order valence-corrected chi connectivity index (χ4v) is 1.52. The minimum atomic E-state index is -0.607. The van der Waals surface area contributed by atoms with Crippen LogP contribution in [-0.4, -0.2) is 0 Å². The van der Waals surface area contributed by atoms with Crippen LogP contribution in [0, 0.1) is 5.82 Å². The Morgan fingerprint density at radius 1 is 1.23 bits per heavy atom. The van der Waals surface area contributed by atoms with Crippen LogP contribution in [0.15, 0.2) is 18.2 Å². The minimum Gasteiger partial charge on any atom is -0.246 e. The van der Waals surface area contributed by atoms with Gasteiger partial charge in [0.15, 0.2) is 0 Å². The molecule has 0 heterocycles. The van der Waals surface area contributed by atoms with E-state index in [2.05, 4.69) is 0 Å². The molecule has 0 aliphatic carbocycles. The molecule has 0 radical (unpaired) electrons. The monoisotopic (exact) mass is 184 g/mol. The molecular formula is C11H14F2. The molecule has 0 spiro atoms. The number of hydrogen-bond acceptors (Lipinski definition) is 0. The maximum Gasteiger partial charge on any atom is 0.127 e. The van der Waals surface area contributed by atoms with Crippen molar-refractivity contribution in [2.75, 3.05) is 0 Å². The SMILES string of the molecule is CC(C)(C)c1c(F)cccc1CF. The molecule has 72 valence electrons. The lowest BCUT2D eigenvalue weighted by Crippen LogP contribution is -2.16. The Bertz CT molecular complexity index is 297. The van der Waals surface area contributed by atoms with Gasteiger partial charge < -0.3 is 0 Å². The molecule has 1 aromatic carbocycles. The standard InChI is InChI=1S/C11H14F2/c1-11(2,3)10-8(7-12)5-4-6-9(10)13/h4-6H,7H2,1-3H3. The molecule has 0 aliphatic rings. The summed E-state index contributed by atoms with van der Waals surface area (Å²) < 4.78 is 25.9. The van der Waals surface area contributed by atoms with Crippen molar-refractivity contribution in [3.05, 3.63) is 35.1 Å². The molecule has 0 saturated carbocycles. The summed E-state index contributed by atoms with van der Waals surface area (Å²) in [7, 11) is 0. The third kappa shape index (κ3) is 2.06. The van der Waals surface area contributed by atoms with E-state index >= 15 is 0 Å². The van der Waals surface area contributed by atoms with Crippen LogP contribution in [0.4, 0.5) is 8.78 Å². The van der Waals surface area contributed by atoms with Gasteiger partial charge in [0.2, 0.25) is 0 Å². The molecule has 0 N–H and O–H groups in total. The molecule has 0 atom stereocenters. The second-order valence-electron chi connectivity index (χ2n) is 4.16. The highest BCUT2D eigenvalue weighted by Crippen LogP contribution is 2.28. The van der Waals surface area contributed by atoms with Crippen molar-refractivity contribution in [1.29, 1.82) is 0 Å². The maximum atomic E-state index is 13.4. The van der Waals surface area contributed by atoms with Gasteiger partial charge >= 0.3 is 0 Å². The largest absolute Gasteiger partial charge is 0.246 e. The van der Waals surface area contributed by atoms with E-state index in [9.17, 15) is 8.78 Å². The second kappa shape index (κ2) is 3.44. The predicted molar refractivity (Wildman–Crippen MR) is 49.9 cm³/mol. The highest BCUT2D eigenvalue weighted by atomic mass is 19.1. The van der Waals surface area contributed by atoms with Crippen LogP contribution in [0.3, 0.4) is 0 Å². The topological polar surface area (TPSA) is 0 Å². The molecule has 0 saturated heterocycles. The summed E-state index contributed by atoms with van der Waals surface area (Å²) in [5.41, 5.74) is 0.595. The molecule has 13 heavy (non-hydrogen) atoms. The maximum absolute atomic E-state index is 13.4. The third-order valence-corrected chi connectivity index (χ3v) is 1.99. The lowest BCUT2D eigenvalue weighted by molar-refractivity contribution is 0.456. The molecule has 1 rings (SSSR count). The first-order valence-corrected chi connectivity index (χ1v) is 4.30. The quantitative estimate of drug-likeness (QED) is 0.625. The van der Waals surface area contributed by atoms with Crippen molar-refractivity contribution in [3.8, 4) is 0 Å². The van der Waals surface area contributed by atoms with E-state index in [1.54, 1.807) is 12.1 Å². The van der Waals surface area contributed by atoms with Gasteiger partial charge in [-0.05, 0) is 22.6 Å². The van der Waals surface area contributed by atoms with Gasteiger partial charge in [0.1, 0.15) is 12.5 Å².